The highest BCUT2D eigenvalue weighted by Crippen LogP contribution is 2.27. The summed E-state index contributed by atoms with van der Waals surface area (Å²) in [6, 6.07) is 13.1. The van der Waals surface area contributed by atoms with Gasteiger partial charge in [-0.25, -0.2) is 8.42 Å². The van der Waals surface area contributed by atoms with Gasteiger partial charge in [-0.3, -0.25) is 14.5 Å². The second kappa shape index (κ2) is 7.28. The van der Waals surface area contributed by atoms with Crippen LogP contribution < -0.4 is 4.72 Å². The normalized spacial score (nSPS) is 14.4. The number of halogens is 3. The summed E-state index contributed by atoms with van der Waals surface area (Å²) in [7, 11) is -4.00. The third-order valence-corrected chi connectivity index (χ3v) is 6.25. The zero-order chi connectivity index (χ0) is 21.5. The Labute approximate surface area is 170 Å². The van der Waals surface area contributed by atoms with Crippen LogP contribution >= 0.6 is 0 Å². The van der Waals surface area contributed by atoms with Gasteiger partial charge < -0.3 is 4.90 Å². The number of alkyl halides is 3. The number of nitrogens with zero attached hydrogens (tertiary/aromatic N) is 2. The summed E-state index contributed by atoms with van der Waals surface area (Å²) in [5, 5.41) is 0.754. The molecule has 4 rings (SSSR count). The number of benzene rings is 2. The first-order chi connectivity index (χ1) is 14.1. The van der Waals surface area contributed by atoms with E-state index in [1.807, 2.05) is 6.07 Å². The molecule has 0 aliphatic carbocycles. The molecule has 0 unspecified atom stereocenters. The van der Waals surface area contributed by atoms with Crippen molar-refractivity contribution >= 4 is 32.5 Å². The number of carbonyl (C=O) groups excluding carboxylic acids is 1. The smallest absolute Gasteiger partial charge is 0.330 e. The summed E-state index contributed by atoms with van der Waals surface area (Å²) >= 11 is 0. The highest BCUT2D eigenvalue weighted by Gasteiger charge is 2.43. The molecule has 10 heteroatoms. The van der Waals surface area contributed by atoms with Crippen molar-refractivity contribution in [1.29, 1.82) is 0 Å². The van der Waals surface area contributed by atoms with Crippen LogP contribution in [0.15, 0.2) is 59.6 Å². The first kappa shape index (κ1) is 20.1. The fraction of sp³-hybridized carbons (Fsp3) is 0.200. The Morgan fingerprint density at radius 2 is 1.83 bits per heavy atom. The van der Waals surface area contributed by atoms with Gasteiger partial charge in [0.1, 0.15) is 0 Å². The maximum absolute atomic E-state index is 12.8. The van der Waals surface area contributed by atoms with Crippen LogP contribution in [-0.4, -0.2) is 36.9 Å². The molecule has 156 valence electrons. The number of sulfonamides is 1. The molecule has 3 aromatic rings. The first-order valence-corrected chi connectivity index (χ1v) is 10.5. The average molecular weight is 435 g/mol. The zero-order valence-corrected chi connectivity index (χ0v) is 16.3. The monoisotopic (exact) mass is 435 g/mol. The molecule has 0 atom stereocenters. The summed E-state index contributed by atoms with van der Waals surface area (Å²) in [6.07, 6.45) is -3.35. The summed E-state index contributed by atoms with van der Waals surface area (Å²) in [5.74, 6) is -1.93. The molecule has 2 aromatic carbocycles. The van der Waals surface area contributed by atoms with E-state index in [4.69, 9.17) is 0 Å². The van der Waals surface area contributed by atoms with E-state index in [0.29, 0.717) is 21.5 Å². The number of hydrogen-bond donors (Lipinski definition) is 1. The lowest BCUT2D eigenvalue weighted by Gasteiger charge is -2.29. The van der Waals surface area contributed by atoms with Crippen LogP contribution in [0.2, 0.25) is 0 Å². The van der Waals surface area contributed by atoms with Crippen molar-refractivity contribution in [3.63, 3.8) is 0 Å². The molecular weight excluding hydrogens is 419 g/mol. The van der Waals surface area contributed by atoms with Gasteiger partial charge in [0.2, 0.25) is 0 Å². The van der Waals surface area contributed by atoms with Gasteiger partial charge in [-0.1, -0.05) is 24.3 Å². The third-order valence-electron chi connectivity index (χ3n) is 4.87. The number of amides is 1. The van der Waals surface area contributed by atoms with E-state index in [-0.39, 0.29) is 30.1 Å². The van der Waals surface area contributed by atoms with E-state index in [2.05, 4.69) is 9.71 Å². The van der Waals surface area contributed by atoms with Gasteiger partial charge in [-0.05, 0) is 41.8 Å². The highest BCUT2D eigenvalue weighted by molar-refractivity contribution is 7.92. The van der Waals surface area contributed by atoms with Crippen LogP contribution in [-0.2, 0) is 27.8 Å². The number of anilines is 1. The lowest BCUT2D eigenvalue weighted by atomic mass is 10.00. The maximum Gasteiger partial charge on any atom is 0.471 e. The molecule has 0 saturated heterocycles. The van der Waals surface area contributed by atoms with Gasteiger partial charge in [0.25, 0.3) is 10.0 Å². The van der Waals surface area contributed by atoms with Gasteiger partial charge in [-0.2, -0.15) is 13.2 Å². The van der Waals surface area contributed by atoms with Crippen LogP contribution in [0, 0.1) is 0 Å². The highest BCUT2D eigenvalue weighted by atomic mass is 32.2. The lowest BCUT2D eigenvalue weighted by Crippen LogP contribution is -2.43. The number of nitrogens with one attached hydrogen (secondary N) is 1. The Morgan fingerprint density at radius 1 is 1.07 bits per heavy atom. The molecule has 0 bridgehead atoms. The van der Waals surface area contributed by atoms with Gasteiger partial charge in [0.15, 0.2) is 0 Å². The van der Waals surface area contributed by atoms with Crippen molar-refractivity contribution in [3.8, 4) is 0 Å². The van der Waals surface area contributed by atoms with E-state index in [1.165, 1.54) is 18.3 Å². The van der Waals surface area contributed by atoms with E-state index >= 15 is 0 Å². The maximum atomic E-state index is 12.8. The fourth-order valence-corrected chi connectivity index (χ4v) is 4.48. The second-order valence-corrected chi connectivity index (χ2v) is 8.61. The Bertz CT molecular complexity index is 1240. The molecule has 0 saturated carbocycles. The third kappa shape index (κ3) is 3.95. The minimum Gasteiger partial charge on any atom is -0.330 e. The van der Waals surface area contributed by atoms with Crippen LogP contribution in [0.1, 0.15) is 11.1 Å². The number of carbonyl (C=O) groups is 1. The molecule has 30 heavy (non-hydrogen) atoms. The second-order valence-electron chi connectivity index (χ2n) is 6.93. The van der Waals surface area contributed by atoms with E-state index in [1.54, 1.807) is 30.3 Å². The molecule has 0 spiro atoms. The quantitative estimate of drug-likeness (QED) is 0.683. The molecule has 1 amide bonds. The van der Waals surface area contributed by atoms with Crippen molar-refractivity contribution < 1.29 is 26.4 Å². The van der Waals surface area contributed by atoms with E-state index in [9.17, 15) is 26.4 Å². The summed E-state index contributed by atoms with van der Waals surface area (Å²) < 4.78 is 66.2. The molecule has 1 aliphatic heterocycles. The largest absolute Gasteiger partial charge is 0.471 e. The summed E-state index contributed by atoms with van der Waals surface area (Å²) in [4.78, 5) is 16.3. The van der Waals surface area contributed by atoms with Gasteiger partial charge in [0, 0.05) is 18.5 Å². The van der Waals surface area contributed by atoms with Crippen molar-refractivity contribution in [2.24, 2.45) is 0 Å². The fourth-order valence-electron chi connectivity index (χ4n) is 3.39. The molecule has 6 nitrogen and oxygen atoms in total. The van der Waals surface area contributed by atoms with Crippen LogP contribution in [0.25, 0.3) is 10.9 Å². The molecule has 0 radical (unpaired) electrons. The Kier molecular flexibility index (Phi) is 4.89. The van der Waals surface area contributed by atoms with Crippen molar-refractivity contribution in [2.75, 3.05) is 11.3 Å². The van der Waals surface area contributed by atoms with Crippen molar-refractivity contribution in [2.45, 2.75) is 24.0 Å². The first-order valence-electron chi connectivity index (χ1n) is 8.99. The number of hydrogen-bond acceptors (Lipinski definition) is 4. The average Bonchev–Trinajstić information content (AvgIpc) is 2.71. The molecule has 1 aliphatic rings. The van der Waals surface area contributed by atoms with Crippen LogP contribution in [0.4, 0.5) is 18.9 Å². The van der Waals surface area contributed by atoms with E-state index < -0.39 is 22.1 Å². The zero-order valence-electron chi connectivity index (χ0n) is 15.5. The molecule has 2 heterocycles. The summed E-state index contributed by atoms with van der Waals surface area (Å²) in [6.45, 7) is -0.368. The number of pyridine rings is 1. The van der Waals surface area contributed by atoms with Gasteiger partial charge >= 0.3 is 12.1 Å². The lowest BCUT2D eigenvalue weighted by molar-refractivity contribution is -0.186. The number of fused-ring (bicyclic) bond motifs is 2. The molecular formula is C20H16F3N3O3S. The topological polar surface area (TPSA) is 79.4 Å². The SMILES string of the molecule is O=C(N1CCc2ccc(S(=O)(=O)Nc3cnc4ccccc4c3)cc2C1)C(F)(F)F. The Balaban J connectivity index is 1.60. The molecule has 0 fully saturated rings. The van der Waals surface area contributed by atoms with E-state index in [0.717, 1.165) is 5.39 Å². The predicted octanol–water partition coefficient (Wildman–Crippen LogP) is 3.48. The van der Waals surface area contributed by atoms with Crippen molar-refractivity contribution in [1.82, 2.24) is 9.88 Å². The number of rotatable bonds is 3. The Morgan fingerprint density at radius 3 is 2.60 bits per heavy atom. The number of aromatic nitrogens is 1. The molecule has 1 N–H and O–H groups in total. The minimum atomic E-state index is -4.97. The minimum absolute atomic E-state index is 0.0710. The Hall–Kier alpha value is -3.14. The summed E-state index contributed by atoms with van der Waals surface area (Å²) in [5.41, 5.74) is 2.06. The standard InChI is InChI=1S/C20H16F3N3O3S/c21-20(22,23)19(27)26-8-7-13-5-6-17(10-15(13)12-26)30(28,29)25-16-9-14-3-1-2-4-18(14)24-11-16/h1-6,9-11,25H,7-8,12H2. The number of para-hydroxylation sites is 1. The van der Waals surface area contributed by atoms with Gasteiger partial charge in [-0.15, -0.1) is 0 Å². The van der Waals surface area contributed by atoms with Crippen molar-refractivity contribution in [3.05, 3.63) is 65.9 Å². The van der Waals surface area contributed by atoms with Gasteiger partial charge in [0.05, 0.1) is 22.3 Å². The van der Waals surface area contributed by atoms with Crippen LogP contribution in [0.3, 0.4) is 0 Å². The van der Waals surface area contributed by atoms with Crippen LogP contribution in [0.5, 0.6) is 0 Å². The molecule has 1 aromatic heterocycles. The predicted molar refractivity (Wildman–Crippen MR) is 104 cm³/mol.